The van der Waals surface area contributed by atoms with Gasteiger partial charge in [0.25, 0.3) is 0 Å². The zero-order chi connectivity index (χ0) is 16.8. The van der Waals surface area contributed by atoms with Gasteiger partial charge in [0.2, 0.25) is 5.91 Å². The first-order chi connectivity index (χ1) is 11.7. The van der Waals surface area contributed by atoms with Gasteiger partial charge in [-0.3, -0.25) is 4.79 Å². The molecule has 1 saturated heterocycles. The summed E-state index contributed by atoms with van der Waals surface area (Å²) in [7, 11) is 0. The second-order valence-electron chi connectivity index (χ2n) is 8.30. The van der Waals surface area contributed by atoms with Crippen LogP contribution in [0.5, 0.6) is 0 Å². The lowest BCUT2D eigenvalue weighted by molar-refractivity contribution is -0.129. The highest BCUT2D eigenvalue weighted by atomic mass is 32.2. The number of rotatable bonds is 5. The van der Waals surface area contributed by atoms with E-state index in [0.29, 0.717) is 23.1 Å². The van der Waals surface area contributed by atoms with Gasteiger partial charge in [-0.15, -0.1) is 0 Å². The number of carbonyl (C=O) groups excluding carboxylic acids is 1. The third kappa shape index (κ3) is 5.28. The van der Waals surface area contributed by atoms with E-state index in [1.54, 1.807) is 0 Å². The van der Waals surface area contributed by atoms with Gasteiger partial charge in [-0.1, -0.05) is 45.1 Å². The molecule has 2 saturated carbocycles. The van der Waals surface area contributed by atoms with Crippen LogP contribution in [0, 0.1) is 11.8 Å². The maximum atomic E-state index is 13.0. The van der Waals surface area contributed by atoms with E-state index in [1.807, 2.05) is 6.08 Å². The molecule has 3 aliphatic rings. The van der Waals surface area contributed by atoms with E-state index >= 15 is 0 Å². The van der Waals surface area contributed by atoms with Crippen molar-refractivity contribution in [1.29, 1.82) is 0 Å². The predicted molar refractivity (Wildman–Crippen MR) is 104 cm³/mol. The SMILES string of the molecule is CC1CCC(/C=C/C(=O)N(CC2CCCS2)C2CCCCC2)CC1. The minimum Gasteiger partial charge on any atom is -0.335 e. The van der Waals surface area contributed by atoms with Gasteiger partial charge in [-0.2, -0.15) is 11.8 Å². The monoisotopic (exact) mass is 349 g/mol. The predicted octanol–water partition coefficient (Wildman–Crippen LogP) is 5.43. The molecule has 1 unspecified atom stereocenters. The van der Waals surface area contributed by atoms with E-state index in [0.717, 1.165) is 12.5 Å². The number of hydrogen-bond donors (Lipinski definition) is 0. The van der Waals surface area contributed by atoms with Crippen molar-refractivity contribution < 1.29 is 4.79 Å². The highest BCUT2D eigenvalue weighted by molar-refractivity contribution is 8.00. The van der Waals surface area contributed by atoms with Crippen LogP contribution in [-0.2, 0) is 4.79 Å². The van der Waals surface area contributed by atoms with Crippen molar-refractivity contribution in [2.45, 2.75) is 88.8 Å². The summed E-state index contributed by atoms with van der Waals surface area (Å²) < 4.78 is 0. The van der Waals surface area contributed by atoms with Gasteiger partial charge in [0.1, 0.15) is 0 Å². The van der Waals surface area contributed by atoms with E-state index in [-0.39, 0.29) is 0 Å². The van der Waals surface area contributed by atoms with E-state index in [1.165, 1.54) is 76.4 Å². The molecule has 0 bridgehead atoms. The highest BCUT2D eigenvalue weighted by Crippen LogP contribution is 2.31. The minimum atomic E-state index is 0.299. The first-order valence-corrected chi connectivity index (χ1v) is 11.4. The Morgan fingerprint density at radius 1 is 1.00 bits per heavy atom. The molecule has 136 valence electrons. The van der Waals surface area contributed by atoms with Crippen LogP contribution in [0.3, 0.4) is 0 Å². The van der Waals surface area contributed by atoms with Gasteiger partial charge in [0, 0.05) is 17.8 Å². The molecule has 3 rings (SSSR count). The molecular formula is C21H35NOS. The molecule has 0 spiro atoms. The van der Waals surface area contributed by atoms with Gasteiger partial charge in [0.15, 0.2) is 0 Å². The average Bonchev–Trinajstić information content (AvgIpc) is 3.13. The number of hydrogen-bond acceptors (Lipinski definition) is 2. The fraction of sp³-hybridized carbons (Fsp3) is 0.857. The number of amides is 1. The van der Waals surface area contributed by atoms with Gasteiger partial charge in [-0.05, 0) is 62.2 Å². The van der Waals surface area contributed by atoms with E-state index in [2.05, 4.69) is 29.7 Å². The molecular weight excluding hydrogens is 314 g/mol. The van der Waals surface area contributed by atoms with Crippen LogP contribution in [0.4, 0.5) is 0 Å². The molecule has 1 atom stereocenters. The molecule has 3 fully saturated rings. The summed E-state index contributed by atoms with van der Waals surface area (Å²) in [6.07, 6.45) is 18.4. The number of thioether (sulfide) groups is 1. The van der Waals surface area contributed by atoms with Crippen molar-refractivity contribution in [2.75, 3.05) is 12.3 Å². The van der Waals surface area contributed by atoms with Crippen LogP contribution in [0.25, 0.3) is 0 Å². The molecule has 0 aromatic rings. The molecule has 1 aliphatic heterocycles. The van der Waals surface area contributed by atoms with Gasteiger partial charge >= 0.3 is 0 Å². The number of allylic oxidation sites excluding steroid dienone is 1. The summed E-state index contributed by atoms with van der Waals surface area (Å²) in [5.74, 6) is 3.10. The summed E-state index contributed by atoms with van der Waals surface area (Å²) >= 11 is 2.08. The smallest absolute Gasteiger partial charge is 0.246 e. The highest BCUT2D eigenvalue weighted by Gasteiger charge is 2.28. The molecule has 1 heterocycles. The fourth-order valence-electron chi connectivity index (χ4n) is 4.61. The van der Waals surface area contributed by atoms with Crippen molar-refractivity contribution in [3.63, 3.8) is 0 Å². The summed E-state index contributed by atoms with van der Waals surface area (Å²) in [6.45, 7) is 3.34. The largest absolute Gasteiger partial charge is 0.335 e. The second kappa shape index (κ2) is 9.31. The van der Waals surface area contributed by atoms with Crippen molar-refractivity contribution in [2.24, 2.45) is 11.8 Å². The maximum Gasteiger partial charge on any atom is 0.246 e. The Morgan fingerprint density at radius 3 is 2.42 bits per heavy atom. The first-order valence-electron chi connectivity index (χ1n) is 10.3. The second-order valence-corrected chi connectivity index (χ2v) is 9.70. The third-order valence-electron chi connectivity index (χ3n) is 6.29. The number of carbonyl (C=O) groups is 1. The van der Waals surface area contributed by atoms with Crippen molar-refractivity contribution in [3.05, 3.63) is 12.2 Å². The zero-order valence-electron chi connectivity index (χ0n) is 15.4. The van der Waals surface area contributed by atoms with Crippen molar-refractivity contribution >= 4 is 17.7 Å². The average molecular weight is 350 g/mol. The lowest BCUT2D eigenvalue weighted by Gasteiger charge is -2.35. The molecule has 0 aromatic carbocycles. The van der Waals surface area contributed by atoms with E-state index in [4.69, 9.17) is 0 Å². The zero-order valence-corrected chi connectivity index (χ0v) is 16.2. The topological polar surface area (TPSA) is 20.3 Å². The molecule has 24 heavy (non-hydrogen) atoms. The van der Waals surface area contributed by atoms with Crippen molar-refractivity contribution in [3.8, 4) is 0 Å². The third-order valence-corrected chi connectivity index (χ3v) is 7.67. The lowest BCUT2D eigenvalue weighted by Crippen LogP contribution is -2.43. The summed E-state index contributed by atoms with van der Waals surface area (Å²) in [6, 6.07) is 0.503. The van der Waals surface area contributed by atoms with Gasteiger partial charge < -0.3 is 4.90 Å². The Morgan fingerprint density at radius 2 is 1.75 bits per heavy atom. The molecule has 0 radical (unpaired) electrons. The summed E-state index contributed by atoms with van der Waals surface area (Å²) in [5.41, 5.74) is 0. The van der Waals surface area contributed by atoms with Crippen LogP contribution in [-0.4, -0.2) is 34.4 Å². The summed E-state index contributed by atoms with van der Waals surface area (Å²) in [5, 5.41) is 0.680. The molecule has 0 aromatic heterocycles. The van der Waals surface area contributed by atoms with Crippen LogP contribution in [0.1, 0.15) is 77.6 Å². The van der Waals surface area contributed by atoms with Crippen LogP contribution in [0.15, 0.2) is 12.2 Å². The lowest BCUT2D eigenvalue weighted by atomic mass is 9.83. The molecule has 1 amide bonds. The minimum absolute atomic E-state index is 0.299. The van der Waals surface area contributed by atoms with Crippen molar-refractivity contribution in [1.82, 2.24) is 4.90 Å². The number of nitrogens with zero attached hydrogens (tertiary/aromatic N) is 1. The van der Waals surface area contributed by atoms with E-state index in [9.17, 15) is 4.79 Å². The van der Waals surface area contributed by atoms with E-state index < -0.39 is 0 Å². The van der Waals surface area contributed by atoms with Crippen LogP contribution >= 0.6 is 11.8 Å². The maximum absolute atomic E-state index is 13.0. The van der Waals surface area contributed by atoms with Gasteiger partial charge in [0.05, 0.1) is 0 Å². The summed E-state index contributed by atoms with van der Waals surface area (Å²) in [4.78, 5) is 15.2. The Kier molecular flexibility index (Phi) is 7.12. The van der Waals surface area contributed by atoms with Crippen LogP contribution in [0.2, 0.25) is 0 Å². The molecule has 2 nitrogen and oxygen atoms in total. The fourth-order valence-corrected chi connectivity index (χ4v) is 5.88. The molecule has 2 aliphatic carbocycles. The molecule has 3 heteroatoms. The van der Waals surface area contributed by atoms with Gasteiger partial charge in [-0.25, -0.2) is 0 Å². The first kappa shape index (κ1) is 18.4. The Bertz CT molecular complexity index is 416. The Hall–Kier alpha value is -0.440. The van der Waals surface area contributed by atoms with Crippen LogP contribution < -0.4 is 0 Å². The normalized spacial score (nSPS) is 32.3. The quantitative estimate of drug-likeness (QED) is 0.617. The standard InChI is InChI=1S/C21H35NOS/c1-17-9-11-18(12-10-17)13-14-21(23)22(16-20-8-5-15-24-20)19-6-3-2-4-7-19/h13-14,17-20H,2-12,15-16H2,1H3/b14-13+. The Labute approximate surface area is 152 Å². The molecule has 0 N–H and O–H groups in total. The Balaban J connectivity index is 1.58.